The van der Waals surface area contributed by atoms with E-state index < -0.39 is 6.10 Å². The zero-order valence-electron chi connectivity index (χ0n) is 13.5. The van der Waals surface area contributed by atoms with Crippen LogP contribution in [0.3, 0.4) is 0 Å². The molecule has 0 unspecified atom stereocenters. The fourth-order valence-electron chi connectivity index (χ4n) is 2.52. The van der Waals surface area contributed by atoms with Crippen molar-refractivity contribution in [3.8, 4) is 5.75 Å². The number of nitrogens with zero attached hydrogens (tertiary/aromatic N) is 2. The number of aliphatic hydroxyl groups excluding tert-OH is 1. The highest BCUT2D eigenvalue weighted by atomic mass is 16.5. The molecule has 1 heterocycles. The lowest BCUT2D eigenvalue weighted by Crippen LogP contribution is -2.47. The fraction of sp³-hybridized carbons (Fsp3) is 0.647. The first-order valence-corrected chi connectivity index (χ1v) is 7.86. The van der Waals surface area contributed by atoms with Crippen LogP contribution in [0.25, 0.3) is 0 Å². The number of benzene rings is 1. The highest BCUT2D eigenvalue weighted by Crippen LogP contribution is 2.18. The van der Waals surface area contributed by atoms with E-state index in [4.69, 9.17) is 4.74 Å². The predicted molar refractivity (Wildman–Crippen MR) is 86.0 cm³/mol. The normalized spacial score (nSPS) is 18.9. The highest BCUT2D eigenvalue weighted by Gasteiger charge is 2.17. The van der Waals surface area contributed by atoms with E-state index in [1.165, 1.54) is 5.56 Å². The molecular weight excluding hydrogens is 264 g/mol. The number of hydrogen-bond donors (Lipinski definition) is 1. The van der Waals surface area contributed by atoms with Crippen molar-refractivity contribution in [3.63, 3.8) is 0 Å². The molecule has 0 bridgehead atoms. The molecule has 1 aromatic rings. The largest absolute Gasteiger partial charge is 0.491 e. The van der Waals surface area contributed by atoms with Crippen LogP contribution in [-0.2, 0) is 0 Å². The Labute approximate surface area is 128 Å². The number of hydrogen-bond acceptors (Lipinski definition) is 4. The van der Waals surface area contributed by atoms with E-state index >= 15 is 0 Å². The number of aliphatic hydroxyl groups is 1. The Hall–Kier alpha value is -1.10. The average molecular weight is 292 g/mol. The molecule has 0 radical (unpaired) electrons. The minimum Gasteiger partial charge on any atom is -0.491 e. The van der Waals surface area contributed by atoms with Gasteiger partial charge in [0, 0.05) is 32.7 Å². The summed E-state index contributed by atoms with van der Waals surface area (Å²) in [6, 6.07) is 8.15. The lowest BCUT2D eigenvalue weighted by molar-refractivity contribution is 0.0505. The number of rotatable bonds is 6. The first kappa shape index (κ1) is 16.3. The Kier molecular flexibility index (Phi) is 6.03. The van der Waals surface area contributed by atoms with Crippen molar-refractivity contribution in [1.82, 2.24) is 9.80 Å². The quantitative estimate of drug-likeness (QED) is 0.867. The first-order chi connectivity index (χ1) is 10.0. The molecule has 1 atom stereocenters. The van der Waals surface area contributed by atoms with Crippen molar-refractivity contribution in [2.24, 2.45) is 0 Å². The maximum absolute atomic E-state index is 10.1. The predicted octanol–water partition coefficient (Wildman–Crippen LogP) is 1.80. The monoisotopic (exact) mass is 292 g/mol. The molecule has 4 heteroatoms. The zero-order chi connectivity index (χ0) is 15.2. The standard InChI is InChI=1S/C17H28N2O2/c1-14(2)15-4-6-17(7-5-15)21-13-16(20)12-19-10-8-18(3)9-11-19/h4-7,14,16,20H,8-13H2,1-3H3/t16-/m0/s1. The van der Waals surface area contributed by atoms with Crippen LogP contribution in [0, 0.1) is 0 Å². The van der Waals surface area contributed by atoms with E-state index in [2.05, 4.69) is 42.8 Å². The summed E-state index contributed by atoms with van der Waals surface area (Å²) in [7, 11) is 2.14. The van der Waals surface area contributed by atoms with Crippen LogP contribution >= 0.6 is 0 Å². The topological polar surface area (TPSA) is 35.9 Å². The summed E-state index contributed by atoms with van der Waals surface area (Å²) in [4.78, 5) is 4.62. The first-order valence-electron chi connectivity index (χ1n) is 7.86. The van der Waals surface area contributed by atoms with Crippen LogP contribution in [0.1, 0.15) is 25.3 Å². The van der Waals surface area contributed by atoms with Gasteiger partial charge in [-0.05, 0) is 30.7 Å². The molecule has 1 N–H and O–H groups in total. The van der Waals surface area contributed by atoms with Crippen molar-refractivity contribution in [3.05, 3.63) is 29.8 Å². The van der Waals surface area contributed by atoms with Crippen molar-refractivity contribution < 1.29 is 9.84 Å². The van der Waals surface area contributed by atoms with Gasteiger partial charge in [0.1, 0.15) is 18.5 Å². The molecule has 1 saturated heterocycles. The second-order valence-corrected chi connectivity index (χ2v) is 6.29. The van der Waals surface area contributed by atoms with Crippen LogP contribution in [0.15, 0.2) is 24.3 Å². The molecule has 1 fully saturated rings. The number of β-amino-alcohol motifs (C(OH)–C–C–N with tert-alkyl or cyclic N) is 1. The Bertz CT molecular complexity index is 411. The molecule has 0 aromatic heterocycles. The SMILES string of the molecule is CC(C)c1ccc(OC[C@@H](O)CN2CCN(C)CC2)cc1. The van der Waals surface area contributed by atoms with Gasteiger partial charge in [-0.15, -0.1) is 0 Å². The molecule has 2 rings (SSSR count). The van der Waals surface area contributed by atoms with Crippen molar-refractivity contribution in [2.45, 2.75) is 25.9 Å². The maximum Gasteiger partial charge on any atom is 0.119 e. The van der Waals surface area contributed by atoms with Crippen molar-refractivity contribution in [2.75, 3.05) is 46.4 Å². The highest BCUT2D eigenvalue weighted by molar-refractivity contribution is 5.28. The van der Waals surface area contributed by atoms with Crippen molar-refractivity contribution in [1.29, 1.82) is 0 Å². The lowest BCUT2D eigenvalue weighted by atomic mass is 10.0. The Morgan fingerprint density at radius 1 is 1.10 bits per heavy atom. The summed E-state index contributed by atoms with van der Waals surface area (Å²) in [5.74, 6) is 1.36. The van der Waals surface area contributed by atoms with Crippen LogP contribution in [-0.4, -0.2) is 67.4 Å². The summed E-state index contributed by atoms with van der Waals surface area (Å²) in [5.41, 5.74) is 1.31. The van der Waals surface area contributed by atoms with E-state index in [1.54, 1.807) is 0 Å². The number of ether oxygens (including phenoxy) is 1. The van der Waals surface area contributed by atoms with E-state index in [-0.39, 0.29) is 0 Å². The Balaban J connectivity index is 1.72. The van der Waals surface area contributed by atoms with Gasteiger partial charge in [-0.25, -0.2) is 0 Å². The lowest BCUT2D eigenvalue weighted by Gasteiger charge is -2.33. The van der Waals surface area contributed by atoms with Gasteiger partial charge in [0.2, 0.25) is 0 Å². The van der Waals surface area contributed by atoms with Crippen molar-refractivity contribution >= 4 is 0 Å². The van der Waals surface area contributed by atoms with Gasteiger partial charge in [0.25, 0.3) is 0 Å². The van der Waals surface area contributed by atoms with Gasteiger partial charge in [-0.3, -0.25) is 4.90 Å². The summed E-state index contributed by atoms with van der Waals surface area (Å²) in [6.45, 7) is 9.60. The smallest absolute Gasteiger partial charge is 0.119 e. The molecule has 0 spiro atoms. The summed E-state index contributed by atoms with van der Waals surface area (Å²) in [6.07, 6.45) is -0.432. The summed E-state index contributed by atoms with van der Waals surface area (Å²) < 4.78 is 5.68. The van der Waals surface area contributed by atoms with Gasteiger partial charge in [-0.1, -0.05) is 26.0 Å². The minimum absolute atomic E-state index is 0.355. The number of piperazine rings is 1. The van der Waals surface area contributed by atoms with E-state index in [1.807, 2.05) is 12.1 Å². The molecule has 21 heavy (non-hydrogen) atoms. The average Bonchev–Trinajstić information content (AvgIpc) is 2.48. The summed E-state index contributed by atoms with van der Waals surface area (Å²) >= 11 is 0. The van der Waals surface area contributed by atoms with E-state index in [0.717, 1.165) is 31.9 Å². The molecule has 1 aliphatic heterocycles. The van der Waals surface area contributed by atoms with Gasteiger partial charge in [0.15, 0.2) is 0 Å². The number of likely N-dealkylation sites (N-methyl/N-ethyl adjacent to an activating group) is 1. The second kappa shape index (κ2) is 7.78. The maximum atomic E-state index is 10.1. The molecule has 4 nitrogen and oxygen atoms in total. The Morgan fingerprint density at radius 2 is 1.71 bits per heavy atom. The van der Waals surface area contributed by atoms with Crippen LogP contribution in [0.5, 0.6) is 5.75 Å². The minimum atomic E-state index is -0.432. The van der Waals surface area contributed by atoms with Crippen LogP contribution < -0.4 is 4.74 Å². The molecule has 0 amide bonds. The van der Waals surface area contributed by atoms with Gasteiger partial charge < -0.3 is 14.7 Å². The third kappa shape index (κ3) is 5.30. The van der Waals surface area contributed by atoms with E-state index in [9.17, 15) is 5.11 Å². The van der Waals surface area contributed by atoms with Crippen LogP contribution in [0.4, 0.5) is 0 Å². The molecular formula is C17H28N2O2. The Morgan fingerprint density at radius 3 is 2.29 bits per heavy atom. The molecule has 0 aliphatic carbocycles. The third-order valence-corrected chi connectivity index (χ3v) is 4.05. The van der Waals surface area contributed by atoms with E-state index in [0.29, 0.717) is 19.1 Å². The zero-order valence-corrected chi connectivity index (χ0v) is 13.5. The summed E-state index contributed by atoms with van der Waals surface area (Å²) in [5, 5.41) is 10.1. The van der Waals surface area contributed by atoms with Gasteiger partial charge in [0.05, 0.1) is 0 Å². The molecule has 0 saturated carbocycles. The fourth-order valence-corrected chi connectivity index (χ4v) is 2.52. The second-order valence-electron chi connectivity index (χ2n) is 6.29. The van der Waals surface area contributed by atoms with Crippen LogP contribution in [0.2, 0.25) is 0 Å². The molecule has 1 aromatic carbocycles. The van der Waals surface area contributed by atoms with Gasteiger partial charge >= 0.3 is 0 Å². The molecule has 1 aliphatic rings. The third-order valence-electron chi connectivity index (χ3n) is 4.05. The molecule has 118 valence electrons. The van der Waals surface area contributed by atoms with Gasteiger partial charge in [-0.2, -0.15) is 0 Å².